The summed E-state index contributed by atoms with van der Waals surface area (Å²) in [7, 11) is 0. The largest absolute Gasteiger partial charge is 0.322 e. The molecule has 2 bridgehead atoms. The van der Waals surface area contributed by atoms with E-state index in [1.54, 1.807) is 0 Å². The third-order valence-electron chi connectivity index (χ3n) is 6.97. The SMILES string of the molecule is Cc1ccc(C(=O)Nc2ccc3c(c2)C[C@H]2CC[C@@H](C3)[C@H]2NCc2ccc(C)s2)cc1. The summed E-state index contributed by atoms with van der Waals surface area (Å²) in [6.45, 7) is 5.19. The highest BCUT2D eigenvalue weighted by atomic mass is 32.1. The van der Waals surface area contributed by atoms with E-state index in [0.717, 1.165) is 30.6 Å². The van der Waals surface area contributed by atoms with Crippen LogP contribution in [-0.2, 0) is 19.4 Å². The minimum Gasteiger partial charge on any atom is -0.322 e. The molecule has 160 valence electrons. The molecule has 0 radical (unpaired) electrons. The Kier molecular flexibility index (Phi) is 5.68. The van der Waals surface area contributed by atoms with E-state index in [2.05, 4.69) is 47.9 Å². The molecular weight excluding hydrogens is 400 g/mol. The number of benzene rings is 2. The van der Waals surface area contributed by atoms with Gasteiger partial charge in [0.1, 0.15) is 0 Å². The number of carbonyl (C=O) groups excluding carboxylic acids is 1. The fraction of sp³-hybridized carbons (Fsp3) is 0.370. The van der Waals surface area contributed by atoms with Crippen LogP contribution in [0.2, 0.25) is 0 Å². The van der Waals surface area contributed by atoms with Crippen LogP contribution in [-0.4, -0.2) is 11.9 Å². The Morgan fingerprint density at radius 2 is 1.68 bits per heavy atom. The van der Waals surface area contributed by atoms with Crippen molar-refractivity contribution in [3.63, 3.8) is 0 Å². The number of carbonyl (C=O) groups is 1. The Bertz CT molecular complexity index is 1080. The Morgan fingerprint density at radius 1 is 0.935 bits per heavy atom. The van der Waals surface area contributed by atoms with E-state index in [0.29, 0.717) is 23.4 Å². The smallest absolute Gasteiger partial charge is 0.255 e. The summed E-state index contributed by atoms with van der Waals surface area (Å²) in [4.78, 5) is 15.5. The standard InChI is InChI=1S/C27H30N2OS/c1-17-3-6-19(7-4-17)27(30)29-24-11-10-20-13-21-8-9-22(14-23(20)15-24)26(21)28-16-25-12-5-18(2)31-25/h3-7,10-12,15,21-22,26,28H,8-9,13-14,16H2,1-2H3,(H,29,30)/t21-,22+,26+/m0/s1. The van der Waals surface area contributed by atoms with E-state index in [9.17, 15) is 4.79 Å². The van der Waals surface area contributed by atoms with Gasteiger partial charge in [-0.2, -0.15) is 0 Å². The van der Waals surface area contributed by atoms with Crippen molar-refractivity contribution in [2.45, 2.75) is 52.1 Å². The van der Waals surface area contributed by atoms with Crippen molar-refractivity contribution in [2.75, 3.05) is 5.32 Å². The number of hydrogen-bond acceptors (Lipinski definition) is 3. The van der Waals surface area contributed by atoms with Crippen LogP contribution >= 0.6 is 11.3 Å². The van der Waals surface area contributed by atoms with Gasteiger partial charge in [-0.3, -0.25) is 4.79 Å². The Balaban J connectivity index is 1.28. The molecule has 0 spiro atoms. The maximum Gasteiger partial charge on any atom is 0.255 e. The number of nitrogens with one attached hydrogen (secondary N) is 2. The van der Waals surface area contributed by atoms with Gasteiger partial charge in [0.2, 0.25) is 0 Å². The van der Waals surface area contributed by atoms with Crippen molar-refractivity contribution in [3.8, 4) is 0 Å². The van der Waals surface area contributed by atoms with Crippen LogP contribution in [0.1, 0.15) is 49.6 Å². The van der Waals surface area contributed by atoms with Gasteiger partial charge in [0, 0.05) is 33.6 Å². The number of fused-ring (bicyclic) bond motifs is 3. The zero-order valence-corrected chi connectivity index (χ0v) is 19.1. The molecule has 1 amide bonds. The highest BCUT2D eigenvalue weighted by Gasteiger charge is 2.38. The highest BCUT2D eigenvalue weighted by Crippen LogP contribution is 2.41. The van der Waals surface area contributed by atoms with Crippen LogP contribution in [0.5, 0.6) is 0 Å². The predicted octanol–water partition coefficient (Wildman–Crippen LogP) is 5.90. The maximum atomic E-state index is 12.6. The summed E-state index contributed by atoms with van der Waals surface area (Å²) in [5, 5.41) is 7.00. The number of hydrogen-bond donors (Lipinski definition) is 2. The average Bonchev–Trinajstić information content (AvgIpc) is 3.29. The van der Waals surface area contributed by atoms with Gasteiger partial charge in [0.25, 0.3) is 5.91 Å². The van der Waals surface area contributed by atoms with Crippen LogP contribution < -0.4 is 10.6 Å². The first-order valence-corrected chi connectivity index (χ1v) is 12.2. The highest BCUT2D eigenvalue weighted by molar-refractivity contribution is 7.11. The number of thiophene rings is 1. The average molecular weight is 431 g/mol. The molecule has 2 N–H and O–H groups in total. The Morgan fingerprint density at radius 3 is 2.39 bits per heavy atom. The first-order chi connectivity index (χ1) is 15.0. The molecule has 5 rings (SSSR count). The van der Waals surface area contributed by atoms with Crippen LogP contribution in [0, 0.1) is 25.7 Å². The van der Waals surface area contributed by atoms with Crippen LogP contribution in [0.4, 0.5) is 5.69 Å². The van der Waals surface area contributed by atoms with Crippen molar-refractivity contribution in [3.05, 3.63) is 86.6 Å². The zero-order valence-electron chi connectivity index (χ0n) is 18.3. The molecule has 0 unspecified atom stereocenters. The van der Waals surface area contributed by atoms with E-state index < -0.39 is 0 Å². The molecular formula is C27H30N2OS. The summed E-state index contributed by atoms with van der Waals surface area (Å²) >= 11 is 1.90. The molecule has 2 aliphatic carbocycles. The maximum absolute atomic E-state index is 12.6. The lowest BCUT2D eigenvalue weighted by molar-refractivity contribution is 0.102. The van der Waals surface area contributed by atoms with E-state index in [1.165, 1.54) is 33.7 Å². The van der Waals surface area contributed by atoms with Gasteiger partial charge in [-0.15, -0.1) is 11.3 Å². The molecule has 0 saturated heterocycles. The molecule has 2 aromatic carbocycles. The molecule has 2 aliphatic rings. The molecule has 3 aromatic rings. The molecule has 1 saturated carbocycles. The van der Waals surface area contributed by atoms with E-state index in [1.807, 2.05) is 42.5 Å². The van der Waals surface area contributed by atoms with Crippen molar-refractivity contribution < 1.29 is 4.79 Å². The quantitative estimate of drug-likeness (QED) is 0.529. The second kappa shape index (κ2) is 8.60. The summed E-state index contributed by atoms with van der Waals surface area (Å²) < 4.78 is 0. The third-order valence-corrected chi connectivity index (χ3v) is 7.97. The second-order valence-corrected chi connectivity index (χ2v) is 10.6. The summed E-state index contributed by atoms with van der Waals surface area (Å²) in [6.07, 6.45) is 4.85. The Labute approximate surface area is 188 Å². The van der Waals surface area contributed by atoms with E-state index in [4.69, 9.17) is 0 Å². The normalized spacial score (nSPS) is 22.1. The molecule has 3 atom stereocenters. The molecule has 3 nitrogen and oxygen atoms in total. The summed E-state index contributed by atoms with van der Waals surface area (Å²) in [5.41, 5.74) is 5.63. The van der Waals surface area contributed by atoms with Gasteiger partial charge in [-0.25, -0.2) is 0 Å². The Hall–Kier alpha value is -2.43. The van der Waals surface area contributed by atoms with Crippen molar-refractivity contribution in [2.24, 2.45) is 11.8 Å². The van der Waals surface area contributed by atoms with E-state index >= 15 is 0 Å². The first kappa shape index (κ1) is 20.5. The topological polar surface area (TPSA) is 41.1 Å². The third kappa shape index (κ3) is 4.46. The van der Waals surface area contributed by atoms with Crippen molar-refractivity contribution >= 4 is 22.9 Å². The van der Waals surface area contributed by atoms with Gasteiger partial charge < -0.3 is 10.6 Å². The summed E-state index contributed by atoms with van der Waals surface area (Å²) in [5.74, 6) is 1.34. The van der Waals surface area contributed by atoms with Crippen molar-refractivity contribution in [1.82, 2.24) is 5.32 Å². The van der Waals surface area contributed by atoms with E-state index in [-0.39, 0.29) is 5.91 Å². The fourth-order valence-electron chi connectivity index (χ4n) is 5.33. The van der Waals surface area contributed by atoms with Gasteiger partial charge in [0.15, 0.2) is 0 Å². The van der Waals surface area contributed by atoms with Gasteiger partial charge in [-0.05, 0) is 98.9 Å². The number of aryl methyl sites for hydroxylation is 2. The lowest BCUT2D eigenvalue weighted by atomic mass is 9.93. The minimum absolute atomic E-state index is 0.0409. The van der Waals surface area contributed by atoms with Crippen LogP contribution in [0.3, 0.4) is 0 Å². The lowest BCUT2D eigenvalue weighted by Gasteiger charge is -2.23. The molecule has 1 heterocycles. The van der Waals surface area contributed by atoms with Gasteiger partial charge in [0.05, 0.1) is 0 Å². The molecule has 31 heavy (non-hydrogen) atoms. The van der Waals surface area contributed by atoms with Gasteiger partial charge >= 0.3 is 0 Å². The second-order valence-electron chi connectivity index (χ2n) is 9.23. The van der Waals surface area contributed by atoms with Crippen LogP contribution in [0.25, 0.3) is 0 Å². The van der Waals surface area contributed by atoms with Gasteiger partial charge in [-0.1, -0.05) is 23.8 Å². The molecule has 1 fully saturated rings. The van der Waals surface area contributed by atoms with Crippen LogP contribution in [0.15, 0.2) is 54.6 Å². The first-order valence-electron chi connectivity index (χ1n) is 11.3. The zero-order chi connectivity index (χ0) is 21.4. The predicted molar refractivity (Wildman–Crippen MR) is 129 cm³/mol. The minimum atomic E-state index is -0.0409. The fourth-order valence-corrected chi connectivity index (χ4v) is 6.17. The number of anilines is 1. The molecule has 0 aliphatic heterocycles. The summed E-state index contributed by atoms with van der Waals surface area (Å²) in [6, 6.07) is 19.3. The lowest BCUT2D eigenvalue weighted by Crippen LogP contribution is -2.37. The number of rotatable bonds is 5. The molecule has 4 heteroatoms. The monoisotopic (exact) mass is 430 g/mol. The molecule has 1 aromatic heterocycles. The van der Waals surface area contributed by atoms with Crippen molar-refractivity contribution in [1.29, 1.82) is 0 Å². The number of amides is 1.